The van der Waals surface area contributed by atoms with E-state index in [1.54, 1.807) is 17.9 Å². The van der Waals surface area contributed by atoms with E-state index in [1.165, 1.54) is 6.33 Å². The molecule has 116 valence electrons. The first-order valence-electron chi connectivity index (χ1n) is 6.96. The number of benzene rings is 1. The van der Waals surface area contributed by atoms with Crippen molar-refractivity contribution in [3.63, 3.8) is 0 Å². The van der Waals surface area contributed by atoms with Gasteiger partial charge < -0.3 is 10.4 Å². The molecule has 7 nitrogen and oxygen atoms in total. The van der Waals surface area contributed by atoms with Crippen LogP contribution in [-0.4, -0.2) is 31.7 Å². The molecule has 0 aliphatic carbocycles. The second-order valence-electron chi connectivity index (χ2n) is 5.25. The average molecular weight is 302 g/mol. The van der Waals surface area contributed by atoms with E-state index in [0.717, 1.165) is 5.56 Å². The van der Waals surface area contributed by atoms with E-state index in [2.05, 4.69) is 15.4 Å². The van der Waals surface area contributed by atoms with Crippen LogP contribution in [0.5, 0.6) is 0 Å². The van der Waals surface area contributed by atoms with E-state index >= 15 is 0 Å². The minimum Gasteiger partial charge on any atom is -0.481 e. The van der Waals surface area contributed by atoms with Crippen molar-refractivity contribution in [3.8, 4) is 0 Å². The van der Waals surface area contributed by atoms with Crippen LogP contribution in [0, 0.1) is 5.92 Å². The molecule has 0 saturated heterocycles. The van der Waals surface area contributed by atoms with E-state index in [9.17, 15) is 9.59 Å². The fraction of sp³-hybridized carbons (Fsp3) is 0.333. The summed E-state index contributed by atoms with van der Waals surface area (Å²) in [6.07, 6.45) is 3.30. The molecule has 22 heavy (non-hydrogen) atoms. The number of rotatable bonds is 7. The summed E-state index contributed by atoms with van der Waals surface area (Å²) in [5, 5.41) is 15.5. The summed E-state index contributed by atoms with van der Waals surface area (Å²) in [7, 11) is 0. The first-order chi connectivity index (χ1) is 10.5. The van der Waals surface area contributed by atoms with Crippen LogP contribution in [0.3, 0.4) is 0 Å². The Morgan fingerprint density at radius 1 is 1.27 bits per heavy atom. The lowest BCUT2D eigenvalue weighted by molar-refractivity contribution is -0.138. The molecular weight excluding hydrogens is 284 g/mol. The lowest BCUT2D eigenvalue weighted by atomic mass is 10.0. The van der Waals surface area contributed by atoms with Gasteiger partial charge in [-0.25, -0.2) is 9.67 Å². The highest BCUT2D eigenvalue weighted by Gasteiger charge is 2.12. The lowest BCUT2D eigenvalue weighted by Gasteiger charge is -2.10. The van der Waals surface area contributed by atoms with Crippen LogP contribution in [0.2, 0.25) is 0 Å². The molecule has 2 N–H and O–H groups in total. The van der Waals surface area contributed by atoms with Gasteiger partial charge in [0.05, 0.1) is 6.54 Å². The van der Waals surface area contributed by atoms with Crippen LogP contribution < -0.4 is 5.32 Å². The third-order valence-electron chi connectivity index (χ3n) is 3.11. The summed E-state index contributed by atoms with van der Waals surface area (Å²) in [5.74, 6) is -1.26. The third-order valence-corrected chi connectivity index (χ3v) is 3.11. The van der Waals surface area contributed by atoms with E-state index in [4.69, 9.17) is 5.11 Å². The van der Waals surface area contributed by atoms with E-state index in [1.807, 2.05) is 24.3 Å². The molecule has 0 unspecified atom stereocenters. The molecule has 1 amide bonds. The molecule has 0 radical (unpaired) electrons. The van der Waals surface area contributed by atoms with E-state index in [0.29, 0.717) is 12.2 Å². The van der Waals surface area contributed by atoms with Crippen molar-refractivity contribution in [3.05, 3.63) is 42.5 Å². The minimum absolute atomic E-state index is 0.00966. The van der Waals surface area contributed by atoms with Crippen molar-refractivity contribution in [2.24, 2.45) is 5.92 Å². The van der Waals surface area contributed by atoms with Gasteiger partial charge in [-0.1, -0.05) is 19.1 Å². The Morgan fingerprint density at radius 2 is 2.00 bits per heavy atom. The Balaban J connectivity index is 1.85. The number of carbonyl (C=O) groups is 2. The highest BCUT2D eigenvalue weighted by atomic mass is 16.4. The average Bonchev–Trinajstić information content (AvgIpc) is 2.92. The molecule has 1 aromatic heterocycles. The highest BCUT2D eigenvalue weighted by molar-refractivity contribution is 5.91. The lowest BCUT2D eigenvalue weighted by Crippen LogP contribution is -2.17. The Morgan fingerprint density at radius 3 is 2.59 bits per heavy atom. The fourth-order valence-electron chi connectivity index (χ4n) is 2.09. The van der Waals surface area contributed by atoms with Gasteiger partial charge >= 0.3 is 5.97 Å². The monoisotopic (exact) mass is 302 g/mol. The number of nitrogens with zero attached hydrogens (tertiary/aromatic N) is 3. The number of nitrogens with one attached hydrogen (secondary N) is 1. The number of aromatic nitrogens is 3. The van der Waals surface area contributed by atoms with Crippen LogP contribution in [0.4, 0.5) is 5.69 Å². The summed E-state index contributed by atoms with van der Waals surface area (Å²) in [6, 6.07) is 7.42. The molecule has 0 spiro atoms. The predicted octanol–water partition coefficient (Wildman–Crippen LogP) is 1.77. The molecule has 1 atom stereocenters. The normalized spacial score (nSPS) is 11.9. The van der Waals surface area contributed by atoms with E-state index in [-0.39, 0.29) is 24.7 Å². The number of amides is 1. The Bertz CT molecular complexity index is 623. The molecule has 0 fully saturated rings. The zero-order valence-electron chi connectivity index (χ0n) is 12.3. The molecule has 0 bridgehead atoms. The second kappa shape index (κ2) is 7.35. The van der Waals surface area contributed by atoms with Crippen molar-refractivity contribution < 1.29 is 14.7 Å². The predicted molar refractivity (Wildman–Crippen MR) is 80.2 cm³/mol. The van der Waals surface area contributed by atoms with Gasteiger partial charge in [0.15, 0.2) is 0 Å². The smallest absolute Gasteiger partial charge is 0.303 e. The molecule has 2 rings (SSSR count). The van der Waals surface area contributed by atoms with Crippen molar-refractivity contribution >= 4 is 17.6 Å². The Labute approximate surface area is 128 Å². The number of aliphatic carboxylic acids is 1. The zero-order valence-corrected chi connectivity index (χ0v) is 12.3. The number of hydrogen-bond donors (Lipinski definition) is 2. The van der Waals surface area contributed by atoms with Gasteiger partial charge in [-0.2, -0.15) is 5.10 Å². The van der Waals surface area contributed by atoms with Gasteiger partial charge in [-0.15, -0.1) is 0 Å². The highest BCUT2D eigenvalue weighted by Crippen LogP contribution is 2.13. The number of hydrogen-bond acceptors (Lipinski definition) is 4. The van der Waals surface area contributed by atoms with Gasteiger partial charge in [0.2, 0.25) is 5.91 Å². The van der Waals surface area contributed by atoms with Gasteiger partial charge in [0.25, 0.3) is 0 Å². The first-order valence-corrected chi connectivity index (χ1v) is 6.96. The fourth-order valence-corrected chi connectivity index (χ4v) is 2.09. The Hall–Kier alpha value is -2.70. The van der Waals surface area contributed by atoms with Crippen LogP contribution in [0.15, 0.2) is 36.9 Å². The van der Waals surface area contributed by atoms with Crippen LogP contribution in [0.1, 0.15) is 25.3 Å². The third kappa shape index (κ3) is 5.01. The van der Waals surface area contributed by atoms with Gasteiger partial charge in [0, 0.05) is 18.5 Å². The summed E-state index contributed by atoms with van der Waals surface area (Å²) in [5.41, 5.74) is 1.73. The van der Waals surface area contributed by atoms with E-state index < -0.39 is 5.97 Å². The quantitative estimate of drug-likeness (QED) is 0.812. The summed E-state index contributed by atoms with van der Waals surface area (Å²) >= 11 is 0. The molecule has 0 saturated carbocycles. The number of carboxylic acids is 1. The number of anilines is 1. The maximum absolute atomic E-state index is 11.8. The van der Waals surface area contributed by atoms with Crippen molar-refractivity contribution in [2.45, 2.75) is 26.3 Å². The molecule has 0 aliphatic rings. The van der Waals surface area contributed by atoms with Crippen molar-refractivity contribution in [1.29, 1.82) is 0 Å². The molecule has 1 heterocycles. The van der Waals surface area contributed by atoms with Crippen LogP contribution in [-0.2, 0) is 16.1 Å². The zero-order chi connectivity index (χ0) is 15.9. The molecule has 0 aliphatic heterocycles. The molecule has 1 aromatic carbocycles. The van der Waals surface area contributed by atoms with Crippen molar-refractivity contribution in [1.82, 2.24) is 14.8 Å². The molecular formula is C15H18N4O3. The summed E-state index contributed by atoms with van der Waals surface area (Å²) < 4.78 is 1.71. The summed E-state index contributed by atoms with van der Waals surface area (Å²) in [4.78, 5) is 26.3. The molecule has 2 aromatic rings. The van der Waals surface area contributed by atoms with Crippen LogP contribution >= 0.6 is 0 Å². The standard InChI is InChI=1S/C15H18N4O3/c1-11(7-15(21)22)6-14(20)18-13-4-2-12(3-5-13)8-19-10-16-9-17-19/h2-5,9-11H,6-8H2,1H3,(H,18,20)(H,21,22)/t11-/m1/s1. The van der Waals surface area contributed by atoms with Crippen molar-refractivity contribution in [2.75, 3.05) is 5.32 Å². The topological polar surface area (TPSA) is 97.1 Å². The first kappa shape index (κ1) is 15.7. The number of carbonyl (C=O) groups excluding carboxylic acids is 1. The maximum atomic E-state index is 11.8. The van der Waals surface area contributed by atoms with Crippen LogP contribution in [0.25, 0.3) is 0 Å². The maximum Gasteiger partial charge on any atom is 0.303 e. The Kier molecular flexibility index (Phi) is 5.24. The van der Waals surface area contributed by atoms with Gasteiger partial charge in [0.1, 0.15) is 12.7 Å². The minimum atomic E-state index is -0.891. The summed E-state index contributed by atoms with van der Waals surface area (Å²) in [6.45, 7) is 2.36. The second-order valence-corrected chi connectivity index (χ2v) is 5.25. The van der Waals surface area contributed by atoms with Gasteiger partial charge in [-0.3, -0.25) is 9.59 Å². The largest absolute Gasteiger partial charge is 0.481 e. The molecule has 7 heteroatoms. The SMILES string of the molecule is C[C@@H](CC(=O)O)CC(=O)Nc1ccc(Cn2cncn2)cc1. The number of carboxylic acid groups (broad SMARTS) is 1. The van der Waals surface area contributed by atoms with Gasteiger partial charge in [-0.05, 0) is 23.6 Å².